The number of amides is 1. The van der Waals surface area contributed by atoms with Crippen molar-refractivity contribution in [2.75, 3.05) is 32.9 Å². The molecular formula is C16H20N2O6. The molecule has 1 heterocycles. The first-order chi connectivity index (χ1) is 11.5. The minimum atomic E-state index is -0.592. The first-order valence-electron chi connectivity index (χ1n) is 7.83. The fraction of sp³-hybridized carbons (Fsp3) is 0.500. The highest BCUT2D eigenvalue weighted by Gasteiger charge is 2.20. The van der Waals surface area contributed by atoms with E-state index in [2.05, 4.69) is 0 Å². The Morgan fingerprint density at radius 3 is 2.67 bits per heavy atom. The van der Waals surface area contributed by atoms with E-state index in [0.717, 1.165) is 0 Å². The molecule has 0 bridgehead atoms. The molecular weight excluding hydrogens is 316 g/mol. The van der Waals surface area contributed by atoms with E-state index in [0.29, 0.717) is 26.3 Å². The molecule has 0 unspecified atom stereocenters. The van der Waals surface area contributed by atoms with Crippen molar-refractivity contribution in [2.24, 2.45) is 0 Å². The van der Waals surface area contributed by atoms with Crippen LogP contribution in [0.4, 0.5) is 5.69 Å². The molecule has 8 heteroatoms. The number of Topliss-reactive ketones (excluding diaryl/α,β-unsaturated/α-hetero) is 1. The van der Waals surface area contributed by atoms with Gasteiger partial charge in [0.25, 0.3) is 0 Å². The van der Waals surface area contributed by atoms with Gasteiger partial charge in [0.2, 0.25) is 5.91 Å². The summed E-state index contributed by atoms with van der Waals surface area (Å²) >= 11 is 0. The van der Waals surface area contributed by atoms with E-state index in [-0.39, 0.29) is 48.1 Å². The van der Waals surface area contributed by atoms with Gasteiger partial charge in [-0.25, -0.2) is 0 Å². The highest BCUT2D eigenvalue weighted by atomic mass is 16.6. The zero-order chi connectivity index (χ0) is 17.5. The third-order valence-electron chi connectivity index (χ3n) is 3.74. The van der Waals surface area contributed by atoms with Crippen LogP contribution in [-0.2, 0) is 9.53 Å². The number of hydrogen-bond donors (Lipinski definition) is 0. The average molecular weight is 336 g/mol. The molecule has 1 aromatic rings. The number of morpholine rings is 1. The van der Waals surface area contributed by atoms with E-state index >= 15 is 0 Å². The lowest BCUT2D eigenvalue weighted by atomic mass is 10.1. The Kier molecular flexibility index (Phi) is 6.25. The molecule has 1 aliphatic heterocycles. The number of nitro benzene ring substituents is 1. The van der Waals surface area contributed by atoms with Gasteiger partial charge < -0.3 is 14.4 Å². The van der Waals surface area contributed by atoms with Gasteiger partial charge in [0.15, 0.2) is 11.5 Å². The molecule has 0 aliphatic carbocycles. The second-order valence-electron chi connectivity index (χ2n) is 5.31. The smallest absolute Gasteiger partial charge is 0.311 e. The largest absolute Gasteiger partial charge is 0.486 e. The van der Waals surface area contributed by atoms with Gasteiger partial charge in [-0.15, -0.1) is 0 Å². The van der Waals surface area contributed by atoms with Gasteiger partial charge >= 0.3 is 5.69 Å². The highest BCUT2D eigenvalue weighted by Crippen LogP contribution is 2.28. The summed E-state index contributed by atoms with van der Waals surface area (Å²) in [6.45, 7) is 3.86. The highest BCUT2D eigenvalue weighted by molar-refractivity contribution is 5.96. The van der Waals surface area contributed by atoms with Crippen molar-refractivity contribution < 1.29 is 24.0 Å². The molecule has 1 fully saturated rings. The fourth-order valence-corrected chi connectivity index (χ4v) is 2.38. The molecule has 0 radical (unpaired) electrons. The number of ketones is 1. The van der Waals surface area contributed by atoms with Crippen LogP contribution < -0.4 is 4.74 Å². The number of rotatable bonds is 7. The topological polar surface area (TPSA) is 99.0 Å². The summed E-state index contributed by atoms with van der Waals surface area (Å²) in [4.78, 5) is 35.9. The molecule has 8 nitrogen and oxygen atoms in total. The number of nitrogens with zero attached hydrogens (tertiary/aromatic N) is 2. The third kappa shape index (κ3) is 4.51. The molecule has 1 aromatic carbocycles. The van der Waals surface area contributed by atoms with Crippen molar-refractivity contribution in [3.63, 3.8) is 0 Å². The first-order valence-corrected chi connectivity index (χ1v) is 7.83. The normalized spacial score (nSPS) is 14.3. The molecule has 0 saturated carbocycles. The van der Waals surface area contributed by atoms with Crippen LogP contribution >= 0.6 is 0 Å². The van der Waals surface area contributed by atoms with Gasteiger partial charge in [-0.05, 0) is 12.1 Å². The number of carbonyl (C=O) groups excluding carboxylic acids is 2. The number of ether oxygens (including phenoxy) is 2. The monoisotopic (exact) mass is 336 g/mol. The van der Waals surface area contributed by atoms with Crippen LogP contribution in [0.1, 0.15) is 30.1 Å². The maximum absolute atomic E-state index is 12.0. The second-order valence-corrected chi connectivity index (χ2v) is 5.31. The van der Waals surface area contributed by atoms with Gasteiger partial charge in [0.05, 0.1) is 31.2 Å². The Bertz CT molecular complexity index is 625. The Hall–Kier alpha value is -2.48. The van der Waals surface area contributed by atoms with Crippen molar-refractivity contribution >= 4 is 17.4 Å². The summed E-state index contributed by atoms with van der Waals surface area (Å²) < 4.78 is 10.6. The van der Waals surface area contributed by atoms with E-state index < -0.39 is 4.92 Å². The number of benzene rings is 1. The van der Waals surface area contributed by atoms with Gasteiger partial charge in [-0.1, -0.05) is 6.92 Å². The van der Waals surface area contributed by atoms with Crippen LogP contribution in [0.5, 0.6) is 5.75 Å². The predicted octanol–water partition coefficient (Wildman–Crippen LogP) is 1.82. The van der Waals surface area contributed by atoms with E-state index in [4.69, 9.17) is 9.47 Å². The summed E-state index contributed by atoms with van der Waals surface area (Å²) in [6, 6.07) is 4.11. The first kappa shape index (κ1) is 17.9. The second kappa shape index (κ2) is 8.39. The number of nitro groups is 1. The maximum atomic E-state index is 12.0. The van der Waals surface area contributed by atoms with Crippen molar-refractivity contribution in [3.8, 4) is 5.75 Å². The van der Waals surface area contributed by atoms with E-state index in [1.807, 2.05) is 0 Å². The van der Waals surface area contributed by atoms with Gasteiger partial charge in [0, 0.05) is 31.1 Å². The zero-order valence-corrected chi connectivity index (χ0v) is 13.5. The molecule has 0 N–H and O–H groups in total. The minimum Gasteiger partial charge on any atom is -0.486 e. The van der Waals surface area contributed by atoms with Crippen LogP contribution in [-0.4, -0.2) is 54.4 Å². The fourth-order valence-electron chi connectivity index (χ4n) is 2.38. The average Bonchev–Trinajstić information content (AvgIpc) is 2.61. The standard InChI is InChI=1S/C16H20N2O6/c1-2-14(19)12-3-4-15(13(11-12)18(21)22)24-8-5-16(20)17-6-9-23-10-7-17/h3-4,11H,2,5-10H2,1H3. The lowest BCUT2D eigenvalue weighted by Gasteiger charge is -2.26. The zero-order valence-electron chi connectivity index (χ0n) is 13.5. The molecule has 1 aliphatic rings. The van der Waals surface area contributed by atoms with Crippen LogP contribution in [0.25, 0.3) is 0 Å². The van der Waals surface area contributed by atoms with Gasteiger partial charge in [0.1, 0.15) is 0 Å². The molecule has 130 valence electrons. The number of hydrogen-bond acceptors (Lipinski definition) is 6. The molecule has 0 atom stereocenters. The summed E-state index contributed by atoms with van der Waals surface area (Å²) in [6.07, 6.45) is 0.401. The summed E-state index contributed by atoms with van der Waals surface area (Å²) in [5.41, 5.74) is 0.00839. The van der Waals surface area contributed by atoms with Crippen molar-refractivity contribution in [1.29, 1.82) is 0 Å². The molecule has 24 heavy (non-hydrogen) atoms. The van der Waals surface area contributed by atoms with Gasteiger partial charge in [-0.3, -0.25) is 19.7 Å². The Labute approximate surface area is 139 Å². The van der Waals surface area contributed by atoms with Crippen molar-refractivity contribution in [2.45, 2.75) is 19.8 Å². The summed E-state index contributed by atoms with van der Waals surface area (Å²) in [5, 5.41) is 11.2. The molecule has 1 saturated heterocycles. The Balaban J connectivity index is 1.97. The van der Waals surface area contributed by atoms with Crippen LogP contribution in [0.15, 0.2) is 18.2 Å². The van der Waals surface area contributed by atoms with Crippen molar-refractivity contribution in [1.82, 2.24) is 4.90 Å². The van der Waals surface area contributed by atoms with Crippen LogP contribution in [0.2, 0.25) is 0 Å². The van der Waals surface area contributed by atoms with Crippen LogP contribution in [0, 0.1) is 10.1 Å². The number of carbonyl (C=O) groups is 2. The minimum absolute atomic E-state index is 0.0398. The third-order valence-corrected chi connectivity index (χ3v) is 3.74. The predicted molar refractivity (Wildman–Crippen MR) is 85.2 cm³/mol. The molecule has 0 spiro atoms. The molecule has 0 aromatic heterocycles. The lowest BCUT2D eigenvalue weighted by molar-refractivity contribution is -0.385. The SMILES string of the molecule is CCC(=O)c1ccc(OCCC(=O)N2CCOCC2)c([N+](=O)[O-])c1. The van der Waals surface area contributed by atoms with E-state index in [9.17, 15) is 19.7 Å². The Morgan fingerprint density at radius 1 is 1.33 bits per heavy atom. The summed E-state index contributed by atoms with van der Waals surface area (Å²) in [7, 11) is 0. The Morgan fingerprint density at radius 2 is 2.04 bits per heavy atom. The maximum Gasteiger partial charge on any atom is 0.311 e. The van der Waals surface area contributed by atoms with Crippen LogP contribution in [0.3, 0.4) is 0 Å². The van der Waals surface area contributed by atoms with Crippen molar-refractivity contribution in [3.05, 3.63) is 33.9 Å². The van der Waals surface area contributed by atoms with E-state index in [1.165, 1.54) is 18.2 Å². The lowest BCUT2D eigenvalue weighted by Crippen LogP contribution is -2.41. The summed E-state index contributed by atoms with van der Waals surface area (Å²) in [5.74, 6) is -0.187. The molecule has 2 rings (SSSR count). The molecule has 1 amide bonds. The quantitative estimate of drug-likeness (QED) is 0.428. The van der Waals surface area contributed by atoms with Gasteiger partial charge in [-0.2, -0.15) is 0 Å². The van der Waals surface area contributed by atoms with E-state index in [1.54, 1.807) is 11.8 Å².